The van der Waals surface area contributed by atoms with E-state index in [1.807, 2.05) is 12.1 Å². The number of rotatable bonds is 3. The number of aromatic nitrogens is 3. The first-order valence-electron chi connectivity index (χ1n) is 9.44. The van der Waals surface area contributed by atoms with Crippen molar-refractivity contribution in [1.29, 1.82) is 0 Å². The predicted molar refractivity (Wildman–Crippen MR) is 113 cm³/mol. The van der Waals surface area contributed by atoms with Gasteiger partial charge in [0.15, 0.2) is 9.84 Å². The van der Waals surface area contributed by atoms with Gasteiger partial charge in [0.05, 0.1) is 28.3 Å². The molecule has 1 fully saturated rings. The molecule has 152 valence electrons. The third-order valence-electron chi connectivity index (χ3n) is 4.92. The average molecular weight is 420 g/mol. The average Bonchev–Trinajstić information content (AvgIpc) is 3.34. The van der Waals surface area contributed by atoms with Crippen molar-refractivity contribution in [1.82, 2.24) is 20.1 Å². The minimum atomic E-state index is -3.12. The van der Waals surface area contributed by atoms with Gasteiger partial charge in [0.1, 0.15) is 5.69 Å². The van der Waals surface area contributed by atoms with Crippen LogP contribution in [0.15, 0.2) is 61.1 Å². The number of nitrogens with one attached hydrogen (secondary N) is 1. The van der Waals surface area contributed by atoms with E-state index in [-0.39, 0.29) is 17.4 Å². The SMILES string of the molecule is CC1(NC(=O)c2ccc(-n3cccn3)c(C#Cc3ccccn3)c2)CCS(=O)(=O)C1. The van der Waals surface area contributed by atoms with Crippen molar-refractivity contribution in [2.24, 2.45) is 0 Å². The van der Waals surface area contributed by atoms with E-state index < -0.39 is 15.4 Å². The lowest BCUT2D eigenvalue weighted by atomic mass is 10.0. The fraction of sp³-hybridized carbons (Fsp3) is 0.227. The fourth-order valence-electron chi connectivity index (χ4n) is 3.41. The van der Waals surface area contributed by atoms with Crippen molar-refractivity contribution in [2.45, 2.75) is 18.9 Å². The van der Waals surface area contributed by atoms with Crippen molar-refractivity contribution >= 4 is 15.7 Å². The molecule has 4 rings (SSSR count). The molecule has 7 nitrogen and oxygen atoms in total. The third kappa shape index (κ3) is 4.42. The number of pyridine rings is 1. The molecule has 0 spiro atoms. The van der Waals surface area contributed by atoms with Gasteiger partial charge in [-0.2, -0.15) is 5.10 Å². The van der Waals surface area contributed by atoms with Crippen LogP contribution in [0.25, 0.3) is 5.69 Å². The number of carbonyl (C=O) groups excluding carboxylic acids is 1. The molecule has 1 aliphatic rings. The zero-order valence-corrected chi connectivity index (χ0v) is 17.2. The Balaban J connectivity index is 1.67. The summed E-state index contributed by atoms with van der Waals surface area (Å²) in [7, 11) is -3.12. The van der Waals surface area contributed by atoms with Crippen LogP contribution >= 0.6 is 0 Å². The van der Waals surface area contributed by atoms with Crippen LogP contribution in [0.2, 0.25) is 0 Å². The number of hydrogen-bond acceptors (Lipinski definition) is 5. The molecule has 8 heteroatoms. The molecular weight excluding hydrogens is 400 g/mol. The molecule has 0 radical (unpaired) electrons. The summed E-state index contributed by atoms with van der Waals surface area (Å²) in [5, 5.41) is 7.13. The lowest BCUT2D eigenvalue weighted by molar-refractivity contribution is 0.0915. The second-order valence-corrected chi connectivity index (χ2v) is 9.69. The van der Waals surface area contributed by atoms with E-state index in [9.17, 15) is 13.2 Å². The second kappa shape index (κ2) is 7.76. The summed E-state index contributed by atoms with van der Waals surface area (Å²) in [6, 6.07) is 12.4. The second-order valence-electron chi connectivity index (χ2n) is 7.50. The third-order valence-corrected chi connectivity index (χ3v) is 6.82. The Hall–Kier alpha value is -3.44. The summed E-state index contributed by atoms with van der Waals surface area (Å²) in [6.45, 7) is 1.76. The van der Waals surface area contributed by atoms with Gasteiger partial charge in [-0.05, 0) is 55.7 Å². The van der Waals surface area contributed by atoms with Gasteiger partial charge < -0.3 is 5.32 Å². The van der Waals surface area contributed by atoms with Crippen molar-refractivity contribution in [3.05, 3.63) is 77.9 Å². The minimum Gasteiger partial charge on any atom is -0.346 e. The molecule has 0 aliphatic carbocycles. The number of sulfone groups is 1. The maximum absolute atomic E-state index is 12.9. The van der Waals surface area contributed by atoms with Crippen LogP contribution in [0, 0.1) is 11.8 Å². The van der Waals surface area contributed by atoms with Crippen LogP contribution in [-0.4, -0.2) is 46.1 Å². The minimum absolute atomic E-state index is 0.0521. The summed E-state index contributed by atoms with van der Waals surface area (Å²) < 4.78 is 25.3. The summed E-state index contributed by atoms with van der Waals surface area (Å²) in [4.78, 5) is 17.1. The van der Waals surface area contributed by atoms with Gasteiger partial charge in [0, 0.05) is 24.2 Å². The smallest absolute Gasteiger partial charge is 0.251 e. The Kier molecular flexibility index (Phi) is 5.14. The van der Waals surface area contributed by atoms with Crippen molar-refractivity contribution in [2.75, 3.05) is 11.5 Å². The van der Waals surface area contributed by atoms with Crippen molar-refractivity contribution < 1.29 is 13.2 Å². The first-order chi connectivity index (χ1) is 14.3. The Morgan fingerprint density at radius 2 is 2.03 bits per heavy atom. The van der Waals surface area contributed by atoms with Crippen LogP contribution in [0.4, 0.5) is 0 Å². The van der Waals surface area contributed by atoms with E-state index in [1.165, 1.54) is 0 Å². The normalized spacial score (nSPS) is 19.6. The molecule has 1 aliphatic heterocycles. The lowest BCUT2D eigenvalue weighted by Crippen LogP contribution is -2.46. The molecule has 1 saturated heterocycles. The van der Waals surface area contributed by atoms with E-state index >= 15 is 0 Å². The van der Waals surface area contributed by atoms with E-state index in [4.69, 9.17) is 0 Å². The Morgan fingerprint density at radius 3 is 2.70 bits per heavy atom. The van der Waals surface area contributed by atoms with Crippen molar-refractivity contribution in [3.8, 4) is 17.5 Å². The highest BCUT2D eigenvalue weighted by Gasteiger charge is 2.39. The van der Waals surface area contributed by atoms with Gasteiger partial charge >= 0.3 is 0 Å². The van der Waals surface area contributed by atoms with Crippen LogP contribution in [0.5, 0.6) is 0 Å². The standard InChI is InChI=1S/C22H20N4O3S/c1-22(10-14-30(28,29)16-22)25-21(27)18-7-9-20(26-13-4-12-24-26)17(15-18)6-8-19-5-2-3-11-23-19/h2-5,7,9,11-13,15H,10,14,16H2,1H3,(H,25,27). The van der Waals surface area contributed by atoms with Crippen molar-refractivity contribution in [3.63, 3.8) is 0 Å². The monoisotopic (exact) mass is 420 g/mol. The number of amides is 1. The molecule has 1 aromatic carbocycles. The zero-order valence-electron chi connectivity index (χ0n) is 16.4. The van der Waals surface area contributed by atoms with Crippen LogP contribution in [0.3, 0.4) is 0 Å². The molecule has 1 atom stereocenters. The number of benzene rings is 1. The Bertz CT molecular complexity index is 1240. The number of carbonyl (C=O) groups is 1. The fourth-order valence-corrected chi connectivity index (χ4v) is 5.50. The van der Waals surface area contributed by atoms with E-state index in [0.717, 1.165) is 5.69 Å². The molecule has 1 amide bonds. The van der Waals surface area contributed by atoms with Crippen LogP contribution < -0.4 is 5.32 Å². The first-order valence-corrected chi connectivity index (χ1v) is 11.3. The maximum Gasteiger partial charge on any atom is 0.251 e. The van der Waals surface area contributed by atoms with Gasteiger partial charge in [-0.3, -0.25) is 4.79 Å². The predicted octanol–water partition coefficient (Wildman–Crippen LogP) is 1.97. The van der Waals surface area contributed by atoms with Gasteiger partial charge in [-0.15, -0.1) is 0 Å². The lowest BCUT2D eigenvalue weighted by Gasteiger charge is -2.24. The Labute approximate surface area is 175 Å². The number of nitrogens with zero attached hydrogens (tertiary/aromatic N) is 3. The topological polar surface area (TPSA) is 93.9 Å². The number of hydrogen-bond donors (Lipinski definition) is 1. The Morgan fingerprint density at radius 1 is 1.17 bits per heavy atom. The van der Waals surface area contributed by atoms with E-state index in [0.29, 0.717) is 23.2 Å². The van der Waals surface area contributed by atoms with Gasteiger partial charge in [-0.25, -0.2) is 18.1 Å². The molecule has 1 N–H and O–H groups in total. The molecule has 30 heavy (non-hydrogen) atoms. The largest absolute Gasteiger partial charge is 0.346 e. The highest BCUT2D eigenvalue weighted by molar-refractivity contribution is 7.91. The van der Waals surface area contributed by atoms with Crippen LogP contribution in [0.1, 0.15) is 35.0 Å². The maximum atomic E-state index is 12.9. The molecule has 1 unspecified atom stereocenters. The van der Waals surface area contributed by atoms with Crippen LogP contribution in [-0.2, 0) is 9.84 Å². The van der Waals surface area contributed by atoms with Gasteiger partial charge in [-0.1, -0.05) is 12.0 Å². The summed E-state index contributed by atoms with van der Waals surface area (Å²) in [5.74, 6) is 5.79. The summed E-state index contributed by atoms with van der Waals surface area (Å²) in [6.07, 6.45) is 5.53. The molecule has 0 bridgehead atoms. The van der Waals surface area contributed by atoms with E-state index in [2.05, 4.69) is 27.2 Å². The molecule has 3 aromatic rings. The molecule has 3 heterocycles. The zero-order chi connectivity index (χ0) is 21.2. The van der Waals surface area contributed by atoms with Gasteiger partial charge in [0.25, 0.3) is 5.91 Å². The summed E-state index contributed by atoms with van der Waals surface area (Å²) >= 11 is 0. The molecular formula is C22H20N4O3S. The molecule has 2 aromatic heterocycles. The highest BCUT2D eigenvalue weighted by atomic mass is 32.2. The quantitative estimate of drug-likeness (QED) is 0.654. The van der Waals surface area contributed by atoms with E-state index in [1.54, 1.807) is 60.5 Å². The van der Waals surface area contributed by atoms with Gasteiger partial charge in [0.2, 0.25) is 0 Å². The first kappa shape index (κ1) is 19.9. The summed E-state index contributed by atoms with van der Waals surface area (Å²) in [5.41, 5.74) is 1.59. The molecule has 0 saturated carbocycles. The highest BCUT2D eigenvalue weighted by Crippen LogP contribution is 2.24.